The molecule has 2 rings (SSSR count). The molecule has 0 bridgehead atoms. The standard InChI is InChI=1S/C15H16N2O2/c1-10-6-7-11(9-16)14(8-10)19-13-5-3-2-4-12(13)15(17)18/h2-8H,9,16H2,1H3,(H2,17,18). The van der Waals surface area contributed by atoms with Crippen LogP contribution in [0.1, 0.15) is 21.5 Å². The number of carbonyl (C=O) groups excluding carboxylic acids is 1. The van der Waals surface area contributed by atoms with E-state index in [1.54, 1.807) is 24.3 Å². The van der Waals surface area contributed by atoms with E-state index in [0.717, 1.165) is 11.1 Å². The number of ether oxygens (including phenoxy) is 1. The van der Waals surface area contributed by atoms with Gasteiger partial charge in [-0.2, -0.15) is 0 Å². The van der Waals surface area contributed by atoms with E-state index < -0.39 is 5.91 Å². The smallest absolute Gasteiger partial charge is 0.252 e. The fourth-order valence-corrected chi connectivity index (χ4v) is 1.80. The maximum Gasteiger partial charge on any atom is 0.252 e. The van der Waals surface area contributed by atoms with Gasteiger partial charge in [-0.1, -0.05) is 24.3 Å². The highest BCUT2D eigenvalue weighted by Crippen LogP contribution is 2.28. The van der Waals surface area contributed by atoms with Gasteiger partial charge in [0.2, 0.25) is 0 Å². The van der Waals surface area contributed by atoms with Gasteiger partial charge < -0.3 is 16.2 Å². The zero-order chi connectivity index (χ0) is 13.8. The molecule has 4 nitrogen and oxygen atoms in total. The number of carbonyl (C=O) groups is 1. The molecule has 0 radical (unpaired) electrons. The molecular weight excluding hydrogens is 240 g/mol. The molecule has 4 N–H and O–H groups in total. The summed E-state index contributed by atoms with van der Waals surface area (Å²) in [4.78, 5) is 11.4. The van der Waals surface area contributed by atoms with E-state index in [0.29, 0.717) is 23.6 Å². The molecule has 0 aliphatic carbocycles. The lowest BCUT2D eigenvalue weighted by molar-refractivity contribution is 0.0998. The maximum atomic E-state index is 11.4. The Morgan fingerprint density at radius 2 is 1.89 bits per heavy atom. The van der Waals surface area contributed by atoms with Crippen molar-refractivity contribution in [3.63, 3.8) is 0 Å². The quantitative estimate of drug-likeness (QED) is 0.881. The van der Waals surface area contributed by atoms with Crippen molar-refractivity contribution in [2.45, 2.75) is 13.5 Å². The third kappa shape index (κ3) is 2.92. The van der Waals surface area contributed by atoms with Gasteiger partial charge in [0.15, 0.2) is 0 Å². The van der Waals surface area contributed by atoms with Gasteiger partial charge in [0.25, 0.3) is 5.91 Å². The molecule has 0 atom stereocenters. The van der Waals surface area contributed by atoms with Crippen molar-refractivity contribution < 1.29 is 9.53 Å². The summed E-state index contributed by atoms with van der Waals surface area (Å²) in [5.41, 5.74) is 13.3. The van der Waals surface area contributed by atoms with Gasteiger partial charge in [0.05, 0.1) is 5.56 Å². The molecule has 0 saturated carbocycles. The topological polar surface area (TPSA) is 78.3 Å². The minimum Gasteiger partial charge on any atom is -0.456 e. The SMILES string of the molecule is Cc1ccc(CN)c(Oc2ccccc2C(N)=O)c1. The molecule has 4 heteroatoms. The van der Waals surface area contributed by atoms with Gasteiger partial charge in [-0.05, 0) is 30.7 Å². The molecule has 0 heterocycles. The average molecular weight is 256 g/mol. The third-order valence-corrected chi connectivity index (χ3v) is 2.82. The van der Waals surface area contributed by atoms with Crippen LogP contribution in [0.3, 0.4) is 0 Å². The van der Waals surface area contributed by atoms with Crippen molar-refractivity contribution in [3.05, 3.63) is 59.2 Å². The van der Waals surface area contributed by atoms with Gasteiger partial charge in [-0.15, -0.1) is 0 Å². The molecule has 0 aliphatic rings. The molecule has 1 amide bonds. The fraction of sp³-hybridized carbons (Fsp3) is 0.133. The van der Waals surface area contributed by atoms with E-state index in [9.17, 15) is 4.79 Å². The minimum atomic E-state index is -0.516. The number of hydrogen-bond acceptors (Lipinski definition) is 3. The number of nitrogens with two attached hydrogens (primary N) is 2. The Hall–Kier alpha value is -2.33. The summed E-state index contributed by atoms with van der Waals surface area (Å²) in [7, 11) is 0. The third-order valence-electron chi connectivity index (χ3n) is 2.82. The second-order valence-electron chi connectivity index (χ2n) is 4.28. The summed E-state index contributed by atoms with van der Waals surface area (Å²) in [6.45, 7) is 2.33. The average Bonchev–Trinajstić information content (AvgIpc) is 2.39. The molecule has 98 valence electrons. The van der Waals surface area contributed by atoms with Crippen LogP contribution in [0.4, 0.5) is 0 Å². The second-order valence-corrected chi connectivity index (χ2v) is 4.28. The van der Waals surface area contributed by atoms with Crippen molar-refractivity contribution >= 4 is 5.91 Å². The van der Waals surface area contributed by atoms with Gasteiger partial charge >= 0.3 is 0 Å². The lowest BCUT2D eigenvalue weighted by Gasteiger charge is -2.13. The van der Waals surface area contributed by atoms with Crippen LogP contribution in [0, 0.1) is 6.92 Å². The van der Waals surface area contributed by atoms with E-state index in [-0.39, 0.29) is 0 Å². The normalized spacial score (nSPS) is 10.2. The fourth-order valence-electron chi connectivity index (χ4n) is 1.80. The number of amides is 1. The predicted octanol–water partition coefficient (Wildman–Crippen LogP) is 2.34. The second kappa shape index (κ2) is 5.54. The summed E-state index contributed by atoms with van der Waals surface area (Å²) in [5.74, 6) is 0.573. The van der Waals surface area contributed by atoms with Crippen molar-refractivity contribution in [1.82, 2.24) is 0 Å². The van der Waals surface area contributed by atoms with Crippen LogP contribution in [-0.2, 0) is 6.54 Å². The van der Waals surface area contributed by atoms with Crippen molar-refractivity contribution in [1.29, 1.82) is 0 Å². The first kappa shape index (κ1) is 13.1. The summed E-state index contributed by atoms with van der Waals surface area (Å²) in [5, 5.41) is 0. The maximum absolute atomic E-state index is 11.4. The van der Waals surface area contributed by atoms with Gasteiger partial charge in [-0.3, -0.25) is 4.79 Å². The lowest BCUT2D eigenvalue weighted by Crippen LogP contribution is -2.12. The van der Waals surface area contributed by atoms with Crippen molar-refractivity contribution in [2.75, 3.05) is 0 Å². The first-order chi connectivity index (χ1) is 9.11. The zero-order valence-electron chi connectivity index (χ0n) is 10.7. The molecule has 0 spiro atoms. The Morgan fingerprint density at radius 3 is 2.58 bits per heavy atom. The molecule has 2 aromatic carbocycles. The Morgan fingerprint density at radius 1 is 1.16 bits per heavy atom. The monoisotopic (exact) mass is 256 g/mol. The number of hydrogen-bond donors (Lipinski definition) is 2. The first-order valence-electron chi connectivity index (χ1n) is 5.98. The number of benzene rings is 2. The van der Waals surface area contributed by atoms with E-state index in [2.05, 4.69) is 0 Å². The summed E-state index contributed by atoms with van der Waals surface area (Å²) >= 11 is 0. The van der Waals surface area contributed by atoms with Gasteiger partial charge in [0.1, 0.15) is 11.5 Å². The highest BCUT2D eigenvalue weighted by molar-refractivity contribution is 5.95. The molecule has 0 aromatic heterocycles. The number of rotatable bonds is 4. The van der Waals surface area contributed by atoms with Gasteiger partial charge in [0, 0.05) is 12.1 Å². The van der Waals surface area contributed by atoms with E-state index in [1.165, 1.54) is 0 Å². The van der Waals surface area contributed by atoms with Crippen molar-refractivity contribution in [2.24, 2.45) is 11.5 Å². The van der Waals surface area contributed by atoms with Crippen LogP contribution >= 0.6 is 0 Å². The zero-order valence-corrected chi connectivity index (χ0v) is 10.7. The van der Waals surface area contributed by atoms with Crippen LogP contribution in [0.25, 0.3) is 0 Å². The first-order valence-corrected chi connectivity index (χ1v) is 5.98. The van der Waals surface area contributed by atoms with E-state index >= 15 is 0 Å². The molecule has 2 aromatic rings. The van der Waals surface area contributed by atoms with Crippen molar-refractivity contribution in [3.8, 4) is 11.5 Å². The Kier molecular flexibility index (Phi) is 3.82. The number of primary amides is 1. The molecule has 0 saturated heterocycles. The number of aryl methyl sites for hydroxylation is 1. The van der Waals surface area contributed by atoms with Crippen LogP contribution < -0.4 is 16.2 Å². The Bertz CT molecular complexity index is 609. The molecule has 0 aliphatic heterocycles. The summed E-state index contributed by atoms with van der Waals surface area (Å²) in [6, 6.07) is 12.7. The van der Waals surface area contributed by atoms with Crippen LogP contribution in [0.5, 0.6) is 11.5 Å². The molecule has 0 unspecified atom stereocenters. The minimum absolute atomic E-state index is 0.354. The Balaban J connectivity index is 2.41. The summed E-state index contributed by atoms with van der Waals surface area (Å²) < 4.78 is 5.79. The highest BCUT2D eigenvalue weighted by atomic mass is 16.5. The van der Waals surface area contributed by atoms with E-state index in [4.69, 9.17) is 16.2 Å². The highest BCUT2D eigenvalue weighted by Gasteiger charge is 2.11. The summed E-state index contributed by atoms with van der Waals surface area (Å²) in [6.07, 6.45) is 0. The van der Waals surface area contributed by atoms with Crippen LogP contribution in [0.15, 0.2) is 42.5 Å². The Labute approximate surface area is 112 Å². The largest absolute Gasteiger partial charge is 0.456 e. The van der Waals surface area contributed by atoms with Gasteiger partial charge in [-0.25, -0.2) is 0 Å². The predicted molar refractivity (Wildman–Crippen MR) is 74.1 cm³/mol. The van der Waals surface area contributed by atoms with Crippen LogP contribution in [-0.4, -0.2) is 5.91 Å². The lowest BCUT2D eigenvalue weighted by atomic mass is 10.1. The van der Waals surface area contributed by atoms with E-state index in [1.807, 2.05) is 25.1 Å². The number of para-hydroxylation sites is 1. The molecule has 19 heavy (non-hydrogen) atoms. The molecule has 0 fully saturated rings. The molecular formula is C15H16N2O2. The van der Waals surface area contributed by atoms with Crippen LogP contribution in [0.2, 0.25) is 0 Å².